The lowest BCUT2D eigenvalue weighted by molar-refractivity contribution is 0.459. The average molecular weight is 282 g/mol. The largest absolute Gasteiger partial charge is 0.508 e. The van der Waals surface area contributed by atoms with Gasteiger partial charge in [0, 0.05) is 28.0 Å². The molecule has 1 atom stereocenters. The van der Waals surface area contributed by atoms with Crippen LogP contribution >= 0.6 is 22.9 Å². The van der Waals surface area contributed by atoms with E-state index in [0.29, 0.717) is 17.6 Å². The van der Waals surface area contributed by atoms with Crippen LogP contribution in [0.5, 0.6) is 5.75 Å². The molecule has 4 heteroatoms. The number of nitrogens with one attached hydrogen (secondary N) is 1. The van der Waals surface area contributed by atoms with Gasteiger partial charge in [0.1, 0.15) is 5.75 Å². The molecule has 0 aliphatic rings. The summed E-state index contributed by atoms with van der Waals surface area (Å²) in [5.41, 5.74) is 0.761. The summed E-state index contributed by atoms with van der Waals surface area (Å²) in [6.07, 6.45) is 0.989. The van der Waals surface area contributed by atoms with Gasteiger partial charge in [-0.25, -0.2) is 0 Å². The highest BCUT2D eigenvalue weighted by molar-refractivity contribution is 7.09. The first-order valence-corrected chi connectivity index (χ1v) is 7.14. The molecule has 0 radical (unpaired) electrons. The lowest BCUT2D eigenvalue weighted by Crippen LogP contribution is -2.27. The van der Waals surface area contributed by atoms with Crippen molar-refractivity contribution in [1.29, 1.82) is 0 Å². The van der Waals surface area contributed by atoms with Crippen LogP contribution in [0.3, 0.4) is 0 Å². The summed E-state index contributed by atoms with van der Waals surface area (Å²) in [4.78, 5) is 1.36. The van der Waals surface area contributed by atoms with Gasteiger partial charge >= 0.3 is 0 Å². The molecule has 0 aliphatic heterocycles. The lowest BCUT2D eigenvalue weighted by Gasteiger charge is -2.14. The van der Waals surface area contributed by atoms with Gasteiger partial charge in [0.25, 0.3) is 0 Å². The van der Waals surface area contributed by atoms with Crippen molar-refractivity contribution in [2.75, 3.05) is 0 Å². The van der Waals surface area contributed by atoms with Crippen molar-refractivity contribution in [2.45, 2.75) is 25.9 Å². The first-order valence-electron chi connectivity index (χ1n) is 5.89. The van der Waals surface area contributed by atoms with Crippen molar-refractivity contribution < 1.29 is 5.11 Å². The topological polar surface area (TPSA) is 32.3 Å². The average Bonchev–Trinajstić information content (AvgIpc) is 2.81. The Kier molecular flexibility index (Phi) is 4.64. The summed E-state index contributed by atoms with van der Waals surface area (Å²) in [6, 6.07) is 9.74. The minimum absolute atomic E-state index is 0.248. The number of phenols is 1. The van der Waals surface area contributed by atoms with Gasteiger partial charge < -0.3 is 10.4 Å². The molecule has 2 aromatic rings. The molecule has 1 unspecified atom stereocenters. The molecule has 1 aromatic carbocycles. The van der Waals surface area contributed by atoms with Crippen molar-refractivity contribution in [2.24, 2.45) is 0 Å². The van der Waals surface area contributed by atoms with E-state index in [1.54, 1.807) is 29.5 Å². The van der Waals surface area contributed by atoms with Gasteiger partial charge in [-0.05, 0) is 36.9 Å². The van der Waals surface area contributed by atoms with E-state index in [1.807, 2.05) is 0 Å². The molecule has 0 bridgehead atoms. The SMILES string of the molecule is CC(Cc1cccs1)NCc1c(O)cccc1Cl. The predicted octanol–water partition coefficient (Wildman–Crippen LogP) is 3.83. The van der Waals surface area contributed by atoms with E-state index in [9.17, 15) is 5.11 Å². The number of halogens is 1. The second kappa shape index (κ2) is 6.23. The molecule has 1 heterocycles. The molecule has 0 fully saturated rings. The molecule has 96 valence electrons. The van der Waals surface area contributed by atoms with Crippen molar-refractivity contribution in [3.8, 4) is 5.75 Å². The van der Waals surface area contributed by atoms with E-state index in [2.05, 4.69) is 29.8 Å². The maximum absolute atomic E-state index is 9.74. The summed E-state index contributed by atoms with van der Waals surface area (Å²) < 4.78 is 0. The van der Waals surface area contributed by atoms with Crippen molar-refractivity contribution in [3.63, 3.8) is 0 Å². The summed E-state index contributed by atoms with van der Waals surface area (Å²) >= 11 is 7.82. The first-order chi connectivity index (χ1) is 8.66. The Bertz CT molecular complexity index is 478. The van der Waals surface area contributed by atoms with Crippen LogP contribution in [0.2, 0.25) is 5.02 Å². The molecular weight excluding hydrogens is 266 g/mol. The van der Waals surface area contributed by atoms with Crippen LogP contribution in [-0.2, 0) is 13.0 Å². The van der Waals surface area contributed by atoms with Crippen LogP contribution in [-0.4, -0.2) is 11.1 Å². The summed E-state index contributed by atoms with van der Waals surface area (Å²) in [6.45, 7) is 2.71. The number of hydrogen-bond donors (Lipinski definition) is 2. The maximum Gasteiger partial charge on any atom is 0.121 e. The molecule has 0 saturated heterocycles. The number of phenolic OH excluding ortho intramolecular Hbond substituents is 1. The van der Waals surface area contributed by atoms with Crippen LogP contribution in [0.1, 0.15) is 17.4 Å². The van der Waals surface area contributed by atoms with E-state index < -0.39 is 0 Å². The number of benzene rings is 1. The summed E-state index contributed by atoms with van der Waals surface area (Å²) in [7, 11) is 0. The number of hydrogen-bond acceptors (Lipinski definition) is 3. The van der Waals surface area contributed by atoms with Crippen LogP contribution in [0, 0.1) is 0 Å². The van der Waals surface area contributed by atoms with Gasteiger partial charge in [-0.2, -0.15) is 0 Å². The Hall–Kier alpha value is -1.03. The minimum Gasteiger partial charge on any atom is -0.508 e. The van der Waals surface area contributed by atoms with Gasteiger partial charge in [0.05, 0.1) is 0 Å². The molecule has 0 aliphatic carbocycles. The second-order valence-electron chi connectivity index (χ2n) is 4.30. The van der Waals surface area contributed by atoms with Crippen molar-refractivity contribution >= 4 is 22.9 Å². The van der Waals surface area contributed by atoms with Crippen LogP contribution in [0.15, 0.2) is 35.7 Å². The number of aromatic hydroxyl groups is 1. The third kappa shape index (κ3) is 3.48. The highest BCUT2D eigenvalue weighted by atomic mass is 35.5. The Morgan fingerprint density at radius 3 is 2.83 bits per heavy atom. The molecule has 1 aromatic heterocycles. The molecular formula is C14H16ClNOS. The summed E-state index contributed by atoms with van der Waals surface area (Å²) in [5.74, 6) is 0.248. The fraction of sp³-hybridized carbons (Fsp3) is 0.286. The summed E-state index contributed by atoms with van der Waals surface area (Å²) in [5, 5.41) is 15.8. The van der Waals surface area contributed by atoms with E-state index in [0.717, 1.165) is 12.0 Å². The molecule has 0 amide bonds. The standard InChI is InChI=1S/C14H16ClNOS/c1-10(8-11-4-3-7-18-11)16-9-12-13(15)5-2-6-14(12)17/h2-7,10,16-17H,8-9H2,1H3. The fourth-order valence-corrected chi connectivity index (χ4v) is 2.87. The van der Waals surface area contributed by atoms with Crippen molar-refractivity contribution in [1.82, 2.24) is 5.32 Å². The Morgan fingerprint density at radius 2 is 2.17 bits per heavy atom. The third-order valence-electron chi connectivity index (χ3n) is 2.81. The Balaban J connectivity index is 1.91. The molecule has 2 nitrogen and oxygen atoms in total. The quantitative estimate of drug-likeness (QED) is 0.873. The fourth-order valence-electron chi connectivity index (χ4n) is 1.80. The number of thiophene rings is 1. The van der Waals surface area contributed by atoms with Crippen LogP contribution < -0.4 is 5.32 Å². The second-order valence-corrected chi connectivity index (χ2v) is 5.74. The zero-order valence-corrected chi connectivity index (χ0v) is 11.8. The normalized spacial score (nSPS) is 12.6. The van der Waals surface area contributed by atoms with E-state index in [-0.39, 0.29) is 5.75 Å². The van der Waals surface area contributed by atoms with E-state index in [4.69, 9.17) is 11.6 Å². The Morgan fingerprint density at radius 1 is 1.33 bits per heavy atom. The minimum atomic E-state index is 0.248. The van der Waals surface area contributed by atoms with Gasteiger partial charge in [-0.1, -0.05) is 23.7 Å². The predicted molar refractivity (Wildman–Crippen MR) is 77.4 cm³/mol. The van der Waals surface area contributed by atoms with E-state index in [1.165, 1.54) is 4.88 Å². The van der Waals surface area contributed by atoms with Crippen LogP contribution in [0.4, 0.5) is 0 Å². The highest BCUT2D eigenvalue weighted by Crippen LogP contribution is 2.25. The molecule has 0 spiro atoms. The molecule has 2 N–H and O–H groups in total. The van der Waals surface area contributed by atoms with Gasteiger partial charge in [-0.15, -0.1) is 11.3 Å². The highest BCUT2D eigenvalue weighted by Gasteiger charge is 2.08. The molecule has 0 saturated carbocycles. The molecule has 18 heavy (non-hydrogen) atoms. The number of rotatable bonds is 5. The van der Waals surface area contributed by atoms with Gasteiger partial charge in [0.2, 0.25) is 0 Å². The third-order valence-corrected chi connectivity index (χ3v) is 4.06. The smallest absolute Gasteiger partial charge is 0.121 e. The zero-order chi connectivity index (χ0) is 13.0. The maximum atomic E-state index is 9.74. The van der Waals surface area contributed by atoms with Gasteiger partial charge in [0.15, 0.2) is 0 Å². The zero-order valence-electron chi connectivity index (χ0n) is 10.2. The molecule has 2 rings (SSSR count). The van der Waals surface area contributed by atoms with Crippen molar-refractivity contribution in [3.05, 3.63) is 51.2 Å². The van der Waals surface area contributed by atoms with Gasteiger partial charge in [-0.3, -0.25) is 0 Å². The van der Waals surface area contributed by atoms with E-state index >= 15 is 0 Å². The first kappa shape index (κ1) is 13.4. The Labute approximate surface area is 116 Å². The lowest BCUT2D eigenvalue weighted by atomic mass is 10.1. The monoisotopic (exact) mass is 281 g/mol. The van der Waals surface area contributed by atoms with Crippen LogP contribution in [0.25, 0.3) is 0 Å².